The van der Waals surface area contributed by atoms with Crippen molar-refractivity contribution in [3.63, 3.8) is 0 Å². The van der Waals surface area contributed by atoms with Gasteiger partial charge in [-0.3, -0.25) is 4.72 Å². The Hall–Kier alpha value is -2.01. The van der Waals surface area contributed by atoms with E-state index in [0.29, 0.717) is 5.69 Å². The summed E-state index contributed by atoms with van der Waals surface area (Å²) in [6.45, 7) is 5.92. The van der Waals surface area contributed by atoms with Crippen LogP contribution in [0.1, 0.15) is 26.3 Å². The molecule has 2 rings (SSSR count). The summed E-state index contributed by atoms with van der Waals surface area (Å²) in [6.07, 6.45) is 0. The molecule has 0 aromatic heterocycles. The van der Waals surface area contributed by atoms with Gasteiger partial charge in [0, 0.05) is 5.69 Å². The van der Waals surface area contributed by atoms with Gasteiger partial charge in [0.05, 0.1) is 4.90 Å². The largest absolute Gasteiger partial charge is 0.508 e. The van der Waals surface area contributed by atoms with Crippen molar-refractivity contribution in [2.75, 3.05) is 4.72 Å². The maximum Gasteiger partial charge on any atom is 0.262 e. The maximum absolute atomic E-state index is 12.6. The van der Waals surface area contributed by atoms with Gasteiger partial charge in [-0.05, 0) is 41.3 Å². The van der Waals surface area contributed by atoms with Crippen LogP contribution in [0.2, 0.25) is 0 Å². The van der Waals surface area contributed by atoms with E-state index >= 15 is 0 Å². The number of benzene rings is 2. The summed E-state index contributed by atoms with van der Waals surface area (Å²) in [4.78, 5) is 0.269. The predicted octanol–water partition coefficient (Wildman–Crippen LogP) is 3.49. The number of aromatic hydroxyl groups is 1. The van der Waals surface area contributed by atoms with Crippen LogP contribution in [0.4, 0.5) is 5.69 Å². The van der Waals surface area contributed by atoms with Crippen molar-refractivity contribution in [2.24, 2.45) is 0 Å². The fourth-order valence-electron chi connectivity index (χ4n) is 2.06. The van der Waals surface area contributed by atoms with E-state index in [-0.39, 0.29) is 16.1 Å². The number of phenols is 1. The van der Waals surface area contributed by atoms with Crippen molar-refractivity contribution < 1.29 is 13.5 Å². The molecule has 0 heterocycles. The summed E-state index contributed by atoms with van der Waals surface area (Å²) in [6, 6.07) is 12.9. The second kappa shape index (κ2) is 5.41. The number of hydrogen-bond donors (Lipinski definition) is 2. The third kappa shape index (κ3) is 3.55. The van der Waals surface area contributed by atoms with Crippen molar-refractivity contribution in [2.45, 2.75) is 31.1 Å². The Bertz CT molecular complexity index is 729. The molecule has 0 bridgehead atoms. The molecule has 0 saturated heterocycles. The lowest BCUT2D eigenvalue weighted by Crippen LogP contribution is -2.20. The minimum Gasteiger partial charge on any atom is -0.508 e. The van der Waals surface area contributed by atoms with Gasteiger partial charge in [-0.15, -0.1) is 0 Å². The first-order chi connectivity index (χ1) is 9.70. The Morgan fingerprint density at radius 2 is 1.52 bits per heavy atom. The molecule has 0 spiro atoms. The van der Waals surface area contributed by atoms with E-state index in [0.717, 1.165) is 5.56 Å². The van der Waals surface area contributed by atoms with Crippen LogP contribution in [0, 0.1) is 0 Å². The Morgan fingerprint density at radius 3 is 2.10 bits per heavy atom. The van der Waals surface area contributed by atoms with E-state index in [9.17, 15) is 13.5 Å². The quantitative estimate of drug-likeness (QED) is 0.853. The van der Waals surface area contributed by atoms with Gasteiger partial charge in [0.25, 0.3) is 10.0 Å². The Labute approximate surface area is 125 Å². The summed E-state index contributed by atoms with van der Waals surface area (Å²) < 4.78 is 27.7. The first-order valence-electron chi connectivity index (χ1n) is 6.61. The number of hydrogen-bond acceptors (Lipinski definition) is 3. The molecular weight excluding hydrogens is 286 g/mol. The number of sulfonamides is 1. The van der Waals surface area contributed by atoms with Crippen LogP contribution >= 0.6 is 0 Å². The minimum atomic E-state index is -3.67. The molecule has 0 amide bonds. The van der Waals surface area contributed by atoms with Gasteiger partial charge in [0.2, 0.25) is 0 Å². The molecule has 5 heteroatoms. The highest BCUT2D eigenvalue weighted by atomic mass is 32.2. The van der Waals surface area contributed by atoms with Gasteiger partial charge in [-0.1, -0.05) is 39.0 Å². The highest BCUT2D eigenvalue weighted by Crippen LogP contribution is 2.30. The first kappa shape index (κ1) is 15.4. The molecule has 21 heavy (non-hydrogen) atoms. The third-order valence-electron chi connectivity index (χ3n) is 3.10. The summed E-state index contributed by atoms with van der Waals surface area (Å²) in [5, 5.41) is 9.25. The van der Waals surface area contributed by atoms with Crippen molar-refractivity contribution in [1.29, 1.82) is 0 Å². The second-order valence-corrected chi connectivity index (χ2v) is 7.55. The molecule has 2 N–H and O–H groups in total. The SMILES string of the molecule is CC(C)(C)c1ccccc1S(=O)(=O)Nc1ccc(O)cc1. The molecule has 0 saturated carbocycles. The molecule has 0 radical (unpaired) electrons. The van der Waals surface area contributed by atoms with E-state index in [1.807, 2.05) is 32.9 Å². The van der Waals surface area contributed by atoms with Gasteiger partial charge in [0.15, 0.2) is 0 Å². The molecule has 2 aromatic rings. The molecule has 0 atom stereocenters. The van der Waals surface area contributed by atoms with E-state index in [1.54, 1.807) is 12.1 Å². The highest BCUT2D eigenvalue weighted by molar-refractivity contribution is 7.92. The van der Waals surface area contributed by atoms with Gasteiger partial charge in [0.1, 0.15) is 5.75 Å². The van der Waals surface area contributed by atoms with Crippen LogP contribution in [0.5, 0.6) is 5.75 Å². The predicted molar refractivity (Wildman–Crippen MR) is 84.1 cm³/mol. The average Bonchev–Trinajstić information content (AvgIpc) is 2.40. The standard InChI is InChI=1S/C16H19NO3S/c1-16(2,3)14-6-4-5-7-15(14)21(19,20)17-12-8-10-13(18)11-9-12/h4-11,17-18H,1-3H3. The number of anilines is 1. The molecule has 4 nitrogen and oxygen atoms in total. The van der Waals surface area contributed by atoms with Crippen LogP contribution in [0.15, 0.2) is 53.4 Å². The van der Waals surface area contributed by atoms with E-state index < -0.39 is 10.0 Å². The smallest absolute Gasteiger partial charge is 0.262 e. The van der Waals surface area contributed by atoms with E-state index in [1.165, 1.54) is 24.3 Å². The number of phenolic OH excluding ortho intramolecular Hbond substituents is 1. The van der Waals surface area contributed by atoms with Crippen molar-refractivity contribution in [3.8, 4) is 5.75 Å². The Kier molecular flexibility index (Phi) is 3.96. The molecule has 0 aliphatic carbocycles. The molecule has 0 unspecified atom stereocenters. The third-order valence-corrected chi connectivity index (χ3v) is 4.54. The fraction of sp³-hybridized carbons (Fsp3) is 0.250. The second-order valence-electron chi connectivity index (χ2n) is 5.90. The highest BCUT2D eigenvalue weighted by Gasteiger charge is 2.25. The lowest BCUT2D eigenvalue weighted by atomic mass is 9.87. The van der Waals surface area contributed by atoms with Gasteiger partial charge in [-0.25, -0.2) is 8.42 Å². The topological polar surface area (TPSA) is 66.4 Å². The summed E-state index contributed by atoms with van der Waals surface area (Å²) in [7, 11) is -3.67. The van der Waals surface area contributed by atoms with Crippen LogP contribution in [0.25, 0.3) is 0 Å². The van der Waals surface area contributed by atoms with Crippen molar-refractivity contribution in [1.82, 2.24) is 0 Å². The van der Waals surface area contributed by atoms with Gasteiger partial charge in [-0.2, -0.15) is 0 Å². The molecule has 0 fully saturated rings. The van der Waals surface area contributed by atoms with Crippen LogP contribution in [0.3, 0.4) is 0 Å². The molecule has 112 valence electrons. The summed E-state index contributed by atoms with van der Waals surface area (Å²) >= 11 is 0. The van der Waals surface area contributed by atoms with Crippen LogP contribution < -0.4 is 4.72 Å². The molecule has 0 aliphatic rings. The fourth-order valence-corrected chi connectivity index (χ4v) is 3.54. The zero-order valence-corrected chi connectivity index (χ0v) is 13.1. The van der Waals surface area contributed by atoms with Crippen LogP contribution in [-0.4, -0.2) is 13.5 Å². The van der Waals surface area contributed by atoms with E-state index in [4.69, 9.17) is 0 Å². The lowest BCUT2D eigenvalue weighted by Gasteiger charge is -2.22. The summed E-state index contributed by atoms with van der Waals surface area (Å²) in [5.41, 5.74) is 0.896. The Balaban J connectivity index is 2.43. The lowest BCUT2D eigenvalue weighted by molar-refractivity contribution is 0.475. The number of rotatable bonds is 3. The first-order valence-corrected chi connectivity index (χ1v) is 8.10. The van der Waals surface area contributed by atoms with E-state index in [2.05, 4.69) is 4.72 Å². The minimum absolute atomic E-state index is 0.0908. The summed E-state index contributed by atoms with van der Waals surface area (Å²) in [5.74, 6) is 0.0908. The van der Waals surface area contributed by atoms with Crippen molar-refractivity contribution >= 4 is 15.7 Å². The van der Waals surface area contributed by atoms with Gasteiger partial charge >= 0.3 is 0 Å². The van der Waals surface area contributed by atoms with Crippen LogP contribution in [-0.2, 0) is 15.4 Å². The van der Waals surface area contributed by atoms with Gasteiger partial charge < -0.3 is 5.11 Å². The monoisotopic (exact) mass is 305 g/mol. The normalized spacial score (nSPS) is 12.1. The zero-order chi connectivity index (χ0) is 15.7. The molecular formula is C16H19NO3S. The van der Waals surface area contributed by atoms with Crippen molar-refractivity contribution in [3.05, 3.63) is 54.1 Å². The average molecular weight is 305 g/mol. The Morgan fingerprint density at radius 1 is 0.952 bits per heavy atom. The number of nitrogens with one attached hydrogen (secondary N) is 1. The molecule has 0 aliphatic heterocycles. The molecule has 2 aromatic carbocycles. The maximum atomic E-state index is 12.6. The zero-order valence-electron chi connectivity index (χ0n) is 12.3.